The van der Waals surface area contributed by atoms with Gasteiger partial charge in [0.15, 0.2) is 0 Å². The number of alkyl carbamates (subject to hydrolysis) is 1. The fraction of sp³-hybridized carbons (Fsp3) is 0.381. The Balaban J connectivity index is 1.86. The van der Waals surface area contributed by atoms with Crippen molar-refractivity contribution in [2.24, 2.45) is 0 Å². The molecule has 2 aromatic carbocycles. The van der Waals surface area contributed by atoms with Crippen molar-refractivity contribution in [1.29, 1.82) is 0 Å². The summed E-state index contributed by atoms with van der Waals surface area (Å²) >= 11 is 6.00. The van der Waals surface area contributed by atoms with Crippen molar-refractivity contribution < 1.29 is 14.6 Å². The van der Waals surface area contributed by atoms with Crippen molar-refractivity contribution in [1.82, 2.24) is 5.32 Å². The number of amides is 1. The molecule has 0 radical (unpaired) electrons. The topological polar surface area (TPSA) is 84.6 Å². The highest BCUT2D eigenvalue weighted by atomic mass is 35.5. The molecule has 2 rings (SSSR count). The smallest absolute Gasteiger partial charge is 0.407 e. The highest BCUT2D eigenvalue weighted by Crippen LogP contribution is 2.29. The molecular weight excluding hydrogens is 364 g/mol. The maximum absolute atomic E-state index is 11.6. The predicted octanol–water partition coefficient (Wildman–Crippen LogP) is 4.46. The van der Waals surface area contributed by atoms with Crippen LogP contribution in [0.2, 0.25) is 5.02 Å². The van der Waals surface area contributed by atoms with Crippen molar-refractivity contribution in [3.05, 3.63) is 64.2 Å². The molecule has 2 aromatic rings. The summed E-state index contributed by atoms with van der Waals surface area (Å²) in [5, 5.41) is 13.8. The standard InChI is InChI=1S/C21H27ClN2O3/c1-21(2,3)27-20(26)24-12-4-5-14-6-8-15(9-7-14)19(25)17-13-16(22)10-11-18(17)23/h6-11,13,19,25H,4-5,12,23H2,1-3H3,(H,24,26). The number of aliphatic hydroxyl groups is 1. The Morgan fingerprint density at radius 2 is 1.89 bits per heavy atom. The van der Waals surface area contributed by atoms with Crippen molar-refractivity contribution in [2.75, 3.05) is 12.3 Å². The van der Waals surface area contributed by atoms with Crippen molar-refractivity contribution in [3.63, 3.8) is 0 Å². The van der Waals surface area contributed by atoms with Crippen LogP contribution in [0.1, 0.15) is 50.0 Å². The van der Waals surface area contributed by atoms with Crippen LogP contribution in [0.25, 0.3) is 0 Å². The summed E-state index contributed by atoms with van der Waals surface area (Å²) < 4.78 is 5.19. The molecule has 5 nitrogen and oxygen atoms in total. The molecule has 0 saturated heterocycles. The number of halogens is 1. The van der Waals surface area contributed by atoms with Gasteiger partial charge in [-0.2, -0.15) is 0 Å². The largest absolute Gasteiger partial charge is 0.444 e. The van der Waals surface area contributed by atoms with E-state index >= 15 is 0 Å². The number of carbonyl (C=O) groups is 1. The second-order valence-corrected chi connectivity index (χ2v) is 7.89. The molecule has 0 spiro atoms. The van der Waals surface area contributed by atoms with E-state index in [-0.39, 0.29) is 0 Å². The lowest BCUT2D eigenvalue weighted by atomic mass is 9.98. The normalized spacial score (nSPS) is 12.5. The second kappa shape index (κ2) is 9.11. The van der Waals surface area contributed by atoms with Crippen LogP contribution in [0.3, 0.4) is 0 Å². The minimum Gasteiger partial charge on any atom is -0.444 e. The lowest BCUT2D eigenvalue weighted by Gasteiger charge is -2.19. The third-order valence-electron chi connectivity index (χ3n) is 3.95. The number of ether oxygens (including phenoxy) is 1. The van der Waals surface area contributed by atoms with E-state index in [1.165, 1.54) is 0 Å². The van der Waals surface area contributed by atoms with Crippen LogP contribution in [0.4, 0.5) is 10.5 Å². The quantitative estimate of drug-likeness (QED) is 0.502. The SMILES string of the molecule is CC(C)(C)OC(=O)NCCCc1ccc(C(O)c2cc(Cl)ccc2N)cc1. The van der Waals surface area contributed by atoms with Gasteiger partial charge in [-0.25, -0.2) is 4.79 Å². The first-order chi connectivity index (χ1) is 12.7. The van der Waals surface area contributed by atoms with Crippen LogP contribution in [-0.4, -0.2) is 23.3 Å². The molecule has 0 aliphatic carbocycles. The van der Waals surface area contributed by atoms with Crippen LogP contribution in [0.15, 0.2) is 42.5 Å². The summed E-state index contributed by atoms with van der Waals surface area (Å²) in [7, 11) is 0. The van der Waals surface area contributed by atoms with Gasteiger partial charge in [-0.15, -0.1) is 0 Å². The van der Waals surface area contributed by atoms with Crippen LogP contribution in [0, 0.1) is 0 Å². The van der Waals surface area contributed by atoms with Gasteiger partial charge >= 0.3 is 6.09 Å². The molecular formula is C21H27ClN2O3. The number of benzene rings is 2. The summed E-state index contributed by atoms with van der Waals surface area (Å²) in [5.41, 5.74) is 8.41. The number of nitrogens with one attached hydrogen (secondary N) is 1. The molecule has 146 valence electrons. The molecule has 1 unspecified atom stereocenters. The molecule has 0 fully saturated rings. The monoisotopic (exact) mass is 390 g/mol. The minimum atomic E-state index is -0.827. The van der Waals surface area contributed by atoms with Gasteiger partial charge in [0, 0.05) is 22.8 Å². The fourth-order valence-electron chi connectivity index (χ4n) is 2.63. The first kappa shape index (κ1) is 21.1. The maximum Gasteiger partial charge on any atom is 0.407 e. The molecule has 1 atom stereocenters. The predicted molar refractivity (Wildman–Crippen MR) is 109 cm³/mol. The first-order valence-corrected chi connectivity index (χ1v) is 9.32. The Morgan fingerprint density at radius 1 is 1.22 bits per heavy atom. The molecule has 0 aliphatic rings. The average molecular weight is 391 g/mol. The van der Waals surface area contributed by atoms with Gasteiger partial charge in [-0.3, -0.25) is 0 Å². The number of rotatable bonds is 6. The van der Waals surface area contributed by atoms with Crippen LogP contribution in [0.5, 0.6) is 0 Å². The van der Waals surface area contributed by atoms with Crippen molar-refractivity contribution >= 4 is 23.4 Å². The number of aryl methyl sites for hydroxylation is 1. The van der Waals surface area contributed by atoms with E-state index in [9.17, 15) is 9.90 Å². The van der Waals surface area contributed by atoms with E-state index in [0.29, 0.717) is 22.8 Å². The summed E-state index contributed by atoms with van der Waals surface area (Å²) in [6, 6.07) is 12.7. The third kappa shape index (κ3) is 6.77. The summed E-state index contributed by atoms with van der Waals surface area (Å²) in [5.74, 6) is 0. The van der Waals surface area contributed by atoms with E-state index in [0.717, 1.165) is 24.0 Å². The molecule has 0 bridgehead atoms. The number of carbonyl (C=O) groups excluding carboxylic acids is 1. The minimum absolute atomic E-state index is 0.403. The highest BCUT2D eigenvalue weighted by molar-refractivity contribution is 6.30. The van der Waals surface area contributed by atoms with E-state index in [1.54, 1.807) is 18.2 Å². The van der Waals surface area contributed by atoms with Gasteiger partial charge in [0.25, 0.3) is 0 Å². The number of nitrogen functional groups attached to an aromatic ring is 1. The van der Waals surface area contributed by atoms with E-state index < -0.39 is 17.8 Å². The molecule has 0 heterocycles. The molecule has 6 heteroatoms. The number of anilines is 1. The maximum atomic E-state index is 11.6. The van der Waals surface area contributed by atoms with Gasteiger partial charge in [-0.05, 0) is 62.9 Å². The van der Waals surface area contributed by atoms with E-state index in [2.05, 4.69) is 5.32 Å². The summed E-state index contributed by atoms with van der Waals surface area (Å²) in [6.07, 6.45) is 0.375. The summed E-state index contributed by atoms with van der Waals surface area (Å²) in [4.78, 5) is 11.6. The lowest BCUT2D eigenvalue weighted by Crippen LogP contribution is -2.33. The van der Waals surface area contributed by atoms with Gasteiger partial charge in [0.2, 0.25) is 0 Å². The lowest BCUT2D eigenvalue weighted by molar-refractivity contribution is 0.0527. The van der Waals surface area contributed by atoms with Gasteiger partial charge in [0.05, 0.1) is 0 Å². The first-order valence-electron chi connectivity index (χ1n) is 8.94. The Morgan fingerprint density at radius 3 is 2.52 bits per heavy atom. The Kier molecular flexibility index (Phi) is 7.11. The van der Waals surface area contributed by atoms with Crippen LogP contribution < -0.4 is 11.1 Å². The number of hydrogen-bond acceptors (Lipinski definition) is 4. The zero-order valence-corrected chi connectivity index (χ0v) is 16.7. The van der Waals surface area contributed by atoms with Crippen LogP contribution >= 0.6 is 11.6 Å². The van der Waals surface area contributed by atoms with Crippen LogP contribution in [-0.2, 0) is 11.2 Å². The molecule has 0 aromatic heterocycles. The Bertz CT molecular complexity index is 770. The molecule has 1 amide bonds. The molecule has 0 saturated carbocycles. The number of aliphatic hydroxyl groups excluding tert-OH is 1. The van der Waals surface area contributed by atoms with Crippen molar-refractivity contribution in [3.8, 4) is 0 Å². The second-order valence-electron chi connectivity index (χ2n) is 7.45. The zero-order valence-electron chi connectivity index (χ0n) is 16.0. The van der Waals surface area contributed by atoms with Gasteiger partial charge < -0.3 is 20.9 Å². The Hall–Kier alpha value is -2.24. The zero-order chi connectivity index (χ0) is 20.0. The Labute approximate surface area is 165 Å². The summed E-state index contributed by atoms with van der Waals surface area (Å²) in [6.45, 7) is 6.04. The molecule has 4 N–H and O–H groups in total. The number of nitrogens with two attached hydrogens (primary N) is 1. The van der Waals surface area contributed by atoms with E-state index in [1.807, 2.05) is 45.0 Å². The van der Waals surface area contributed by atoms with Crippen molar-refractivity contribution in [2.45, 2.75) is 45.3 Å². The number of hydrogen-bond donors (Lipinski definition) is 3. The fourth-order valence-corrected chi connectivity index (χ4v) is 2.81. The third-order valence-corrected chi connectivity index (χ3v) is 4.18. The highest BCUT2D eigenvalue weighted by Gasteiger charge is 2.16. The van der Waals surface area contributed by atoms with Gasteiger partial charge in [0.1, 0.15) is 11.7 Å². The molecule has 27 heavy (non-hydrogen) atoms. The van der Waals surface area contributed by atoms with Gasteiger partial charge in [-0.1, -0.05) is 35.9 Å². The average Bonchev–Trinajstić information content (AvgIpc) is 2.59. The molecule has 0 aliphatic heterocycles. The van der Waals surface area contributed by atoms with E-state index in [4.69, 9.17) is 22.1 Å².